The number of thioether (sulfide) groups is 1. The Hall–Kier alpha value is -3.79. The van der Waals surface area contributed by atoms with Gasteiger partial charge in [0.05, 0.1) is 6.54 Å². The van der Waals surface area contributed by atoms with Crippen molar-refractivity contribution in [2.75, 3.05) is 31.7 Å². The fourth-order valence-electron chi connectivity index (χ4n) is 4.08. The minimum Gasteiger partial charge on any atom is -0.480 e. The molecule has 10 heteroatoms. The van der Waals surface area contributed by atoms with Crippen LogP contribution in [0.5, 0.6) is 0 Å². The van der Waals surface area contributed by atoms with Crippen LogP contribution in [0.4, 0.5) is 4.79 Å². The maximum absolute atomic E-state index is 12.6. The SMILES string of the molecule is CSCCN(CC(=O)O)C(=O)c1cc(CNC(=O)OCC2c3ccccc3-c3ccccc32)on1. The van der Waals surface area contributed by atoms with E-state index < -0.39 is 24.5 Å². The number of carboxylic acids is 1. The molecule has 1 aliphatic rings. The van der Waals surface area contributed by atoms with Crippen molar-refractivity contribution in [3.05, 3.63) is 77.2 Å². The number of aliphatic carboxylic acids is 1. The predicted octanol–water partition coefficient (Wildman–Crippen LogP) is 3.60. The zero-order chi connectivity index (χ0) is 24.8. The number of fused-ring (bicyclic) bond motifs is 3. The van der Waals surface area contributed by atoms with E-state index in [-0.39, 0.29) is 37.1 Å². The second kappa shape index (κ2) is 11.1. The van der Waals surface area contributed by atoms with Gasteiger partial charge in [-0.05, 0) is 28.5 Å². The van der Waals surface area contributed by atoms with Gasteiger partial charge in [0.1, 0.15) is 13.2 Å². The van der Waals surface area contributed by atoms with Gasteiger partial charge in [0.2, 0.25) is 0 Å². The first-order chi connectivity index (χ1) is 17.0. The number of hydrogen-bond acceptors (Lipinski definition) is 7. The Bertz CT molecular complexity index is 1180. The number of hydrogen-bond donors (Lipinski definition) is 2. The van der Waals surface area contributed by atoms with Crippen LogP contribution >= 0.6 is 11.8 Å². The summed E-state index contributed by atoms with van der Waals surface area (Å²) in [5.74, 6) is -0.864. The molecule has 1 heterocycles. The maximum atomic E-state index is 12.6. The van der Waals surface area contributed by atoms with Crippen molar-refractivity contribution in [1.82, 2.24) is 15.4 Å². The van der Waals surface area contributed by atoms with Crippen molar-refractivity contribution < 1.29 is 28.8 Å². The molecule has 0 saturated carbocycles. The Balaban J connectivity index is 1.32. The third-order valence-corrected chi connectivity index (χ3v) is 6.30. The average molecular weight is 496 g/mol. The molecule has 0 spiro atoms. The van der Waals surface area contributed by atoms with Crippen LogP contribution in [0, 0.1) is 0 Å². The lowest BCUT2D eigenvalue weighted by atomic mass is 9.98. The molecule has 9 nitrogen and oxygen atoms in total. The molecule has 3 aromatic rings. The predicted molar refractivity (Wildman–Crippen MR) is 130 cm³/mol. The Morgan fingerprint density at radius 3 is 2.40 bits per heavy atom. The number of nitrogens with one attached hydrogen (secondary N) is 1. The van der Waals surface area contributed by atoms with E-state index in [1.54, 1.807) is 0 Å². The van der Waals surface area contributed by atoms with Crippen LogP contribution in [0.3, 0.4) is 0 Å². The summed E-state index contributed by atoms with van der Waals surface area (Å²) >= 11 is 1.50. The van der Waals surface area contributed by atoms with Crippen molar-refractivity contribution in [2.24, 2.45) is 0 Å². The van der Waals surface area contributed by atoms with E-state index in [4.69, 9.17) is 14.4 Å². The van der Waals surface area contributed by atoms with Crippen molar-refractivity contribution >= 4 is 29.7 Å². The monoisotopic (exact) mass is 495 g/mol. The van der Waals surface area contributed by atoms with Crippen LogP contribution in [0.15, 0.2) is 59.1 Å². The number of benzene rings is 2. The fraction of sp³-hybridized carbons (Fsp3) is 0.280. The zero-order valence-electron chi connectivity index (χ0n) is 19.1. The minimum atomic E-state index is -1.11. The Labute approximate surface area is 206 Å². The van der Waals surface area contributed by atoms with Crippen molar-refractivity contribution in [1.29, 1.82) is 0 Å². The molecule has 1 aliphatic carbocycles. The number of ether oxygens (including phenoxy) is 1. The molecule has 2 aromatic carbocycles. The highest BCUT2D eigenvalue weighted by Crippen LogP contribution is 2.44. The van der Waals surface area contributed by atoms with E-state index in [2.05, 4.69) is 22.6 Å². The molecule has 0 aliphatic heterocycles. The van der Waals surface area contributed by atoms with Gasteiger partial charge < -0.3 is 24.6 Å². The van der Waals surface area contributed by atoms with Crippen molar-refractivity contribution in [3.63, 3.8) is 0 Å². The van der Waals surface area contributed by atoms with Crippen LogP contribution in [-0.2, 0) is 16.1 Å². The average Bonchev–Trinajstić information content (AvgIpc) is 3.46. The number of carboxylic acid groups (broad SMARTS) is 1. The van der Waals surface area contributed by atoms with Crippen LogP contribution < -0.4 is 5.32 Å². The number of aromatic nitrogens is 1. The van der Waals surface area contributed by atoms with Gasteiger partial charge in [-0.25, -0.2) is 4.79 Å². The number of carbonyl (C=O) groups is 3. The quantitative estimate of drug-likeness (QED) is 0.438. The van der Waals surface area contributed by atoms with Gasteiger partial charge in [-0.2, -0.15) is 11.8 Å². The van der Waals surface area contributed by atoms with Crippen molar-refractivity contribution in [2.45, 2.75) is 12.5 Å². The van der Waals surface area contributed by atoms with Gasteiger partial charge in [0.15, 0.2) is 11.5 Å². The van der Waals surface area contributed by atoms with Gasteiger partial charge in [-0.3, -0.25) is 9.59 Å². The van der Waals surface area contributed by atoms with E-state index in [1.165, 1.54) is 22.7 Å². The van der Waals surface area contributed by atoms with Gasteiger partial charge in [0, 0.05) is 24.3 Å². The Morgan fingerprint density at radius 2 is 1.77 bits per heavy atom. The zero-order valence-corrected chi connectivity index (χ0v) is 19.9. The first kappa shape index (κ1) is 24.3. The number of rotatable bonds is 10. The summed E-state index contributed by atoms with van der Waals surface area (Å²) < 4.78 is 10.6. The lowest BCUT2D eigenvalue weighted by molar-refractivity contribution is -0.137. The third kappa shape index (κ3) is 5.65. The van der Waals surface area contributed by atoms with Crippen LogP contribution in [0.25, 0.3) is 11.1 Å². The van der Waals surface area contributed by atoms with E-state index in [0.29, 0.717) is 5.75 Å². The van der Waals surface area contributed by atoms with E-state index in [9.17, 15) is 14.4 Å². The van der Waals surface area contributed by atoms with Crippen LogP contribution in [0.1, 0.15) is 33.3 Å². The summed E-state index contributed by atoms with van der Waals surface area (Å²) in [6, 6.07) is 17.5. The van der Waals surface area contributed by atoms with Gasteiger partial charge >= 0.3 is 12.1 Å². The lowest BCUT2D eigenvalue weighted by Crippen LogP contribution is -2.37. The Morgan fingerprint density at radius 1 is 1.11 bits per heavy atom. The second-order valence-corrected chi connectivity index (χ2v) is 8.96. The molecule has 0 atom stereocenters. The largest absolute Gasteiger partial charge is 0.480 e. The van der Waals surface area contributed by atoms with E-state index in [1.807, 2.05) is 42.7 Å². The fourth-order valence-corrected chi connectivity index (χ4v) is 4.49. The molecule has 0 bridgehead atoms. The first-order valence-electron chi connectivity index (χ1n) is 11.0. The van der Waals surface area contributed by atoms with Crippen LogP contribution in [-0.4, -0.2) is 64.8 Å². The normalized spacial score (nSPS) is 12.0. The molecule has 4 rings (SSSR count). The highest BCUT2D eigenvalue weighted by atomic mass is 32.2. The van der Waals surface area contributed by atoms with Gasteiger partial charge in [-0.1, -0.05) is 53.7 Å². The highest BCUT2D eigenvalue weighted by Gasteiger charge is 2.29. The summed E-state index contributed by atoms with van der Waals surface area (Å²) in [4.78, 5) is 37.2. The highest BCUT2D eigenvalue weighted by molar-refractivity contribution is 7.98. The van der Waals surface area contributed by atoms with E-state index in [0.717, 1.165) is 22.3 Å². The number of carbonyl (C=O) groups excluding carboxylic acids is 2. The maximum Gasteiger partial charge on any atom is 0.407 e. The summed E-state index contributed by atoms with van der Waals surface area (Å²) in [5.41, 5.74) is 4.51. The number of nitrogens with zero attached hydrogens (tertiary/aromatic N) is 2. The molecule has 0 fully saturated rings. The number of alkyl carbamates (subject to hydrolysis) is 1. The van der Waals surface area contributed by atoms with E-state index >= 15 is 0 Å². The number of amides is 2. The molecule has 35 heavy (non-hydrogen) atoms. The molecule has 0 radical (unpaired) electrons. The molecule has 0 saturated heterocycles. The molecule has 2 amide bonds. The van der Waals surface area contributed by atoms with Crippen molar-refractivity contribution in [3.8, 4) is 11.1 Å². The summed E-state index contributed by atoms with van der Waals surface area (Å²) in [7, 11) is 0. The Kier molecular flexibility index (Phi) is 7.71. The first-order valence-corrected chi connectivity index (χ1v) is 12.4. The summed E-state index contributed by atoms with van der Waals surface area (Å²) in [6.07, 6.45) is 1.25. The van der Waals surface area contributed by atoms with Crippen LogP contribution in [0.2, 0.25) is 0 Å². The molecule has 182 valence electrons. The van der Waals surface area contributed by atoms with Gasteiger partial charge in [0.25, 0.3) is 5.91 Å². The molecule has 2 N–H and O–H groups in total. The lowest BCUT2D eigenvalue weighted by Gasteiger charge is -2.18. The second-order valence-electron chi connectivity index (χ2n) is 7.97. The minimum absolute atomic E-state index is 0.0170. The van der Waals surface area contributed by atoms with Gasteiger partial charge in [-0.15, -0.1) is 0 Å². The third-order valence-electron chi connectivity index (χ3n) is 5.71. The standard InChI is InChI=1S/C25H25N3O6S/c1-35-11-10-28(14-23(29)30)24(31)22-12-16(34-27-22)13-26-25(32)33-15-21-19-8-4-2-6-17(19)18-7-3-5-9-20(18)21/h2-9,12,21H,10-11,13-15H2,1H3,(H,26,32)(H,29,30). The molecule has 1 aromatic heterocycles. The summed E-state index contributed by atoms with van der Waals surface area (Å²) in [5, 5.41) is 15.4. The topological polar surface area (TPSA) is 122 Å². The molecule has 0 unspecified atom stereocenters. The smallest absolute Gasteiger partial charge is 0.407 e. The molecular weight excluding hydrogens is 470 g/mol. The summed E-state index contributed by atoms with van der Waals surface area (Å²) in [6.45, 7) is -0.00757. The molecular formula is C25H25N3O6S.